The third-order valence-corrected chi connectivity index (χ3v) is 1.73. The highest BCUT2D eigenvalue weighted by Gasteiger charge is 1.95. The molecule has 1 aliphatic heterocycles. The van der Waals surface area contributed by atoms with E-state index in [9.17, 15) is 0 Å². The molecule has 0 aromatic heterocycles. The summed E-state index contributed by atoms with van der Waals surface area (Å²) in [4.78, 5) is 0. The van der Waals surface area contributed by atoms with Crippen LogP contribution < -0.4 is 0 Å². The number of thiol groups is 1. The van der Waals surface area contributed by atoms with Crippen LogP contribution in [0.25, 0.3) is 0 Å². The summed E-state index contributed by atoms with van der Waals surface area (Å²) in [7, 11) is 0. The second-order valence-electron chi connectivity index (χ2n) is 0.966. The lowest BCUT2D eigenvalue weighted by Crippen LogP contribution is -1.94. The molecule has 0 spiro atoms. The van der Waals surface area contributed by atoms with E-state index >= 15 is 0 Å². The fourth-order valence-electron chi connectivity index (χ4n) is 0.144. The van der Waals surface area contributed by atoms with Crippen molar-refractivity contribution in [1.82, 2.24) is 0 Å². The van der Waals surface area contributed by atoms with Gasteiger partial charge in [-0.1, -0.05) is 0 Å². The minimum Gasteiger partial charge on any atom is -0.183 e. The van der Waals surface area contributed by atoms with Gasteiger partial charge in [0.1, 0.15) is 0 Å². The quantitative estimate of drug-likeness (QED) is 0.477. The van der Waals surface area contributed by atoms with Crippen LogP contribution in [0.15, 0.2) is 0 Å². The monoisotopic (exact) mass is 122 g/mol. The van der Waals surface area contributed by atoms with Crippen molar-refractivity contribution in [1.29, 1.82) is 0 Å². The van der Waals surface area contributed by atoms with Gasteiger partial charge in [0.25, 0.3) is 0 Å². The normalized spacial score (nSPS) is 17.0. The molecule has 1 heterocycles. The van der Waals surface area contributed by atoms with Crippen molar-refractivity contribution in [2.24, 2.45) is 0 Å². The van der Waals surface area contributed by atoms with Crippen LogP contribution in [0, 0.1) is 0 Å². The zero-order valence-electron chi connectivity index (χ0n) is 3.98. The van der Waals surface area contributed by atoms with E-state index in [2.05, 4.69) is 12.6 Å². The molecule has 0 nitrogen and oxygen atoms in total. The van der Waals surface area contributed by atoms with Gasteiger partial charge in [-0.15, -0.1) is 0 Å². The van der Waals surface area contributed by atoms with Crippen molar-refractivity contribution in [2.45, 2.75) is 6.42 Å². The average molecular weight is 122 g/mol. The van der Waals surface area contributed by atoms with Crippen LogP contribution in [0.1, 0.15) is 6.42 Å². The highest BCUT2D eigenvalue weighted by molar-refractivity contribution is 8.00. The fraction of sp³-hybridized carbons (Fsp3) is 1.00. The Labute approximate surface area is 49.1 Å². The highest BCUT2D eigenvalue weighted by Crippen LogP contribution is 2.14. The van der Waals surface area contributed by atoms with Gasteiger partial charge in [-0.25, -0.2) is 0 Å². The Balaban J connectivity index is 0.000000112. The standard InChI is InChI=1S/C3H6S.CH4S/c1-2-4-3-1;1-2/h1-3H2;2H,1H3. The van der Waals surface area contributed by atoms with Crippen LogP contribution in [0.4, 0.5) is 0 Å². The predicted molar refractivity (Wildman–Crippen MR) is 36.9 cm³/mol. The van der Waals surface area contributed by atoms with Gasteiger partial charge in [0.05, 0.1) is 0 Å². The summed E-state index contributed by atoms with van der Waals surface area (Å²) in [6.07, 6.45) is 3.16. The first-order valence-corrected chi connectivity index (χ1v) is 4.07. The molecule has 0 radical (unpaired) electrons. The Morgan fingerprint density at radius 3 is 1.50 bits per heavy atom. The van der Waals surface area contributed by atoms with Gasteiger partial charge in [-0.2, -0.15) is 24.4 Å². The molecule has 2 heteroatoms. The second kappa shape index (κ2) is 5.70. The van der Waals surface area contributed by atoms with Gasteiger partial charge in [0.2, 0.25) is 0 Å². The molecule has 0 saturated carbocycles. The van der Waals surface area contributed by atoms with E-state index in [1.807, 2.05) is 11.8 Å². The lowest BCUT2D eigenvalue weighted by atomic mass is 10.6. The predicted octanol–water partition coefficient (Wildman–Crippen LogP) is 1.67. The molecule has 0 bridgehead atoms. The molecule has 1 rings (SSSR count). The third kappa shape index (κ3) is 2.91. The number of hydrogen-bond acceptors (Lipinski definition) is 2. The minimum absolute atomic E-state index is 1.42. The maximum atomic E-state index is 3.53. The summed E-state index contributed by atoms with van der Waals surface area (Å²) < 4.78 is 0. The molecule has 6 heavy (non-hydrogen) atoms. The molecule has 0 unspecified atom stereocenters. The maximum Gasteiger partial charge on any atom is -0.00597 e. The largest absolute Gasteiger partial charge is 0.183 e. The molecule has 0 aromatic carbocycles. The molecule has 0 aliphatic carbocycles. The van der Waals surface area contributed by atoms with Crippen LogP contribution >= 0.6 is 24.4 Å². The van der Waals surface area contributed by atoms with E-state index in [0.717, 1.165) is 0 Å². The molecule has 0 amide bonds. The number of thioether (sulfide) groups is 1. The van der Waals surface area contributed by atoms with E-state index in [0.29, 0.717) is 0 Å². The molecular weight excluding hydrogens is 112 g/mol. The summed E-state index contributed by atoms with van der Waals surface area (Å²) in [6, 6.07) is 0. The van der Waals surface area contributed by atoms with Crippen LogP contribution in [-0.4, -0.2) is 17.8 Å². The summed E-state index contributed by atoms with van der Waals surface area (Å²) >= 11 is 5.56. The number of hydrogen-bond donors (Lipinski definition) is 1. The van der Waals surface area contributed by atoms with Gasteiger partial charge in [-0.3, -0.25) is 0 Å². The van der Waals surface area contributed by atoms with Crippen molar-refractivity contribution in [3.05, 3.63) is 0 Å². The summed E-state index contributed by atoms with van der Waals surface area (Å²) in [5.74, 6) is 2.83. The zero-order chi connectivity index (χ0) is 4.83. The first-order chi connectivity index (χ1) is 3.00. The molecule has 1 saturated heterocycles. The van der Waals surface area contributed by atoms with Gasteiger partial charge in [-0.05, 0) is 24.2 Å². The van der Waals surface area contributed by atoms with Gasteiger partial charge < -0.3 is 0 Å². The molecular formula is C4H10S2. The average Bonchev–Trinajstić information content (AvgIpc) is 1.36. The lowest BCUT2D eigenvalue weighted by molar-refractivity contribution is 1.06. The first kappa shape index (κ1) is 6.70. The maximum absolute atomic E-state index is 3.53. The van der Waals surface area contributed by atoms with Gasteiger partial charge >= 0.3 is 0 Å². The molecule has 0 atom stereocenters. The molecule has 0 aromatic rings. The smallest absolute Gasteiger partial charge is 0.00597 e. The first-order valence-electron chi connectivity index (χ1n) is 2.02. The van der Waals surface area contributed by atoms with Crippen molar-refractivity contribution < 1.29 is 0 Å². The van der Waals surface area contributed by atoms with E-state index < -0.39 is 0 Å². The van der Waals surface area contributed by atoms with Gasteiger partial charge in [0.15, 0.2) is 0 Å². The lowest BCUT2D eigenvalue weighted by Gasteiger charge is -2.05. The Bertz CT molecular complexity index is 13.5. The van der Waals surface area contributed by atoms with Crippen LogP contribution in [0.5, 0.6) is 0 Å². The summed E-state index contributed by atoms with van der Waals surface area (Å²) in [5, 5.41) is 0. The molecule has 0 N–H and O–H groups in total. The van der Waals surface area contributed by atoms with Crippen LogP contribution in [0.3, 0.4) is 0 Å². The van der Waals surface area contributed by atoms with Crippen LogP contribution in [-0.2, 0) is 0 Å². The van der Waals surface area contributed by atoms with E-state index in [1.165, 1.54) is 17.9 Å². The highest BCUT2D eigenvalue weighted by atomic mass is 32.2. The Morgan fingerprint density at radius 1 is 1.33 bits per heavy atom. The van der Waals surface area contributed by atoms with Crippen molar-refractivity contribution in [3.63, 3.8) is 0 Å². The number of rotatable bonds is 0. The second-order valence-corrected chi connectivity index (χ2v) is 2.19. The van der Waals surface area contributed by atoms with Crippen molar-refractivity contribution >= 4 is 24.4 Å². The Kier molecular flexibility index (Phi) is 6.36. The van der Waals surface area contributed by atoms with Crippen LogP contribution in [0.2, 0.25) is 0 Å². The van der Waals surface area contributed by atoms with E-state index in [4.69, 9.17) is 0 Å². The summed E-state index contributed by atoms with van der Waals surface area (Å²) in [6.45, 7) is 0. The van der Waals surface area contributed by atoms with Crippen molar-refractivity contribution in [2.75, 3.05) is 17.8 Å². The molecule has 1 aliphatic rings. The Morgan fingerprint density at radius 2 is 1.50 bits per heavy atom. The molecule has 38 valence electrons. The van der Waals surface area contributed by atoms with Gasteiger partial charge in [0, 0.05) is 0 Å². The zero-order valence-corrected chi connectivity index (χ0v) is 5.69. The van der Waals surface area contributed by atoms with Crippen molar-refractivity contribution in [3.8, 4) is 0 Å². The third-order valence-electron chi connectivity index (χ3n) is 0.577. The SMILES string of the molecule is C1CSC1.CS. The Hall–Kier alpha value is 0.700. The fourth-order valence-corrected chi connectivity index (χ4v) is 0.433. The minimum atomic E-state index is 1.42. The summed E-state index contributed by atoms with van der Waals surface area (Å²) in [5.41, 5.74) is 0. The topological polar surface area (TPSA) is 0 Å². The molecule has 1 fully saturated rings. The van der Waals surface area contributed by atoms with E-state index in [-0.39, 0.29) is 0 Å². The van der Waals surface area contributed by atoms with E-state index in [1.54, 1.807) is 6.26 Å².